The molecule has 1 aromatic rings. The lowest BCUT2D eigenvalue weighted by Gasteiger charge is -2.46. The van der Waals surface area contributed by atoms with E-state index in [1.165, 1.54) is 63.9 Å². The van der Waals surface area contributed by atoms with Crippen LogP contribution in [0.3, 0.4) is 0 Å². The monoisotopic (exact) mass is 444 g/mol. The third-order valence-corrected chi connectivity index (χ3v) is 8.64. The average Bonchev–Trinajstić information content (AvgIpc) is 2.81. The van der Waals surface area contributed by atoms with Crippen molar-refractivity contribution in [1.82, 2.24) is 0 Å². The molecule has 0 heterocycles. The molecule has 3 aliphatic carbocycles. The molecule has 32 heavy (non-hydrogen) atoms. The van der Waals surface area contributed by atoms with Crippen molar-refractivity contribution in [3.05, 3.63) is 42.0 Å². The van der Waals surface area contributed by atoms with Gasteiger partial charge in [-0.05, 0) is 100 Å². The quantitative estimate of drug-likeness (QED) is 0.253. The summed E-state index contributed by atoms with van der Waals surface area (Å²) in [5, 5.41) is 0. The Morgan fingerprint density at radius 1 is 0.969 bits per heavy atom. The van der Waals surface area contributed by atoms with Crippen molar-refractivity contribution in [3.8, 4) is 5.75 Å². The minimum absolute atomic E-state index is 0.106. The van der Waals surface area contributed by atoms with Gasteiger partial charge in [-0.25, -0.2) is 8.78 Å². The molecule has 4 heteroatoms. The highest BCUT2D eigenvalue weighted by atomic mass is 19.2. The molecular weight excluding hydrogens is 406 g/mol. The molecule has 3 saturated carbocycles. The maximum atomic E-state index is 13.5. The van der Waals surface area contributed by atoms with Crippen LogP contribution < -0.4 is 4.74 Å². The Labute approximate surface area is 191 Å². The van der Waals surface area contributed by atoms with E-state index >= 15 is 0 Å². The first-order valence-corrected chi connectivity index (χ1v) is 12.8. The molecule has 176 valence electrons. The van der Waals surface area contributed by atoms with Crippen LogP contribution >= 0.6 is 0 Å². The van der Waals surface area contributed by atoms with Crippen molar-refractivity contribution in [2.24, 2.45) is 35.5 Å². The van der Waals surface area contributed by atoms with Crippen molar-refractivity contribution in [1.29, 1.82) is 0 Å². The van der Waals surface area contributed by atoms with E-state index in [1.807, 2.05) is 0 Å². The van der Waals surface area contributed by atoms with Gasteiger partial charge in [-0.15, -0.1) is 0 Å². The second-order valence-corrected chi connectivity index (χ2v) is 10.5. The first-order chi connectivity index (χ1) is 15.5. The number of rotatable bonds is 6. The lowest BCUT2D eigenvalue weighted by Crippen LogP contribution is -2.40. The van der Waals surface area contributed by atoms with Crippen molar-refractivity contribution in [3.63, 3.8) is 0 Å². The molecule has 0 radical (unpaired) electrons. The highest BCUT2D eigenvalue weighted by Gasteiger charge is 2.43. The smallest absolute Gasteiger partial charge is 0.314 e. The van der Waals surface area contributed by atoms with Crippen molar-refractivity contribution in [2.75, 3.05) is 0 Å². The average molecular weight is 445 g/mol. The number of allylic oxidation sites excluding steroid dienone is 2. The zero-order valence-corrected chi connectivity index (χ0v) is 19.4. The van der Waals surface area contributed by atoms with Crippen LogP contribution in [-0.2, 0) is 4.79 Å². The van der Waals surface area contributed by atoms with E-state index in [-0.39, 0.29) is 17.6 Å². The first-order valence-electron chi connectivity index (χ1n) is 12.8. The van der Waals surface area contributed by atoms with Crippen LogP contribution in [0.1, 0.15) is 84.0 Å². The summed E-state index contributed by atoms with van der Waals surface area (Å²) >= 11 is 0. The van der Waals surface area contributed by atoms with Crippen LogP contribution in [0.25, 0.3) is 0 Å². The number of carbonyl (C=O) groups excluding carboxylic acids is 1. The van der Waals surface area contributed by atoms with Crippen LogP contribution in [0.4, 0.5) is 8.78 Å². The molecule has 3 aliphatic rings. The van der Waals surface area contributed by atoms with E-state index in [2.05, 4.69) is 19.1 Å². The largest absolute Gasteiger partial charge is 0.426 e. The lowest BCUT2D eigenvalue weighted by atomic mass is 9.59. The van der Waals surface area contributed by atoms with Gasteiger partial charge in [0.05, 0.1) is 5.92 Å². The number of hydrogen-bond donors (Lipinski definition) is 0. The fourth-order valence-corrected chi connectivity index (χ4v) is 6.90. The predicted molar refractivity (Wildman–Crippen MR) is 123 cm³/mol. The highest BCUT2D eigenvalue weighted by Crippen LogP contribution is 2.50. The number of hydrogen-bond acceptors (Lipinski definition) is 2. The summed E-state index contributed by atoms with van der Waals surface area (Å²) in [4.78, 5) is 12.9. The Balaban J connectivity index is 1.29. The Morgan fingerprint density at radius 3 is 2.50 bits per heavy atom. The van der Waals surface area contributed by atoms with Gasteiger partial charge in [0.15, 0.2) is 11.6 Å². The van der Waals surface area contributed by atoms with Gasteiger partial charge in [-0.2, -0.15) is 0 Å². The summed E-state index contributed by atoms with van der Waals surface area (Å²) in [6.45, 7) is 2.10. The molecule has 4 unspecified atom stereocenters. The molecule has 0 bridgehead atoms. The standard InChI is InChI=1S/C28H38F2O2/c1-2-3-4-6-19-9-11-20(12-10-19)21-13-15-24-22(17-21)7-5-8-25(24)28(31)32-23-14-16-26(29)27(30)18-23/h2-3,14,16,18-22,24-25H,4-13,15,17H2,1H3/b3-2+. The minimum atomic E-state index is -0.978. The van der Waals surface area contributed by atoms with E-state index in [0.29, 0.717) is 11.8 Å². The van der Waals surface area contributed by atoms with E-state index in [1.54, 1.807) is 0 Å². The molecular formula is C28H38F2O2. The van der Waals surface area contributed by atoms with E-state index < -0.39 is 11.6 Å². The van der Waals surface area contributed by atoms with Crippen LogP contribution in [-0.4, -0.2) is 5.97 Å². The first kappa shape index (κ1) is 23.4. The van der Waals surface area contributed by atoms with Gasteiger partial charge >= 0.3 is 5.97 Å². The van der Waals surface area contributed by atoms with E-state index in [0.717, 1.165) is 49.1 Å². The second kappa shape index (κ2) is 10.9. The Hall–Kier alpha value is -1.71. The van der Waals surface area contributed by atoms with Gasteiger partial charge < -0.3 is 4.74 Å². The predicted octanol–water partition coefficient (Wildman–Crippen LogP) is 7.87. The zero-order valence-electron chi connectivity index (χ0n) is 19.4. The summed E-state index contributed by atoms with van der Waals surface area (Å²) < 4.78 is 32.2. The Bertz CT molecular complexity index is 797. The van der Waals surface area contributed by atoms with Gasteiger partial charge in [-0.3, -0.25) is 4.79 Å². The lowest BCUT2D eigenvalue weighted by molar-refractivity contribution is -0.144. The Kier molecular flexibility index (Phi) is 8.02. The summed E-state index contributed by atoms with van der Waals surface area (Å²) in [6, 6.07) is 3.32. The molecule has 2 nitrogen and oxygen atoms in total. The molecule has 0 saturated heterocycles. The van der Waals surface area contributed by atoms with Crippen LogP contribution in [0.2, 0.25) is 0 Å². The number of benzene rings is 1. The van der Waals surface area contributed by atoms with Gasteiger partial charge in [0.25, 0.3) is 0 Å². The second-order valence-electron chi connectivity index (χ2n) is 10.5. The highest BCUT2D eigenvalue weighted by molar-refractivity contribution is 5.75. The van der Waals surface area contributed by atoms with Crippen LogP contribution in [0, 0.1) is 47.1 Å². The summed E-state index contributed by atoms with van der Waals surface area (Å²) in [7, 11) is 0. The van der Waals surface area contributed by atoms with Crippen molar-refractivity contribution in [2.45, 2.75) is 84.0 Å². The zero-order chi connectivity index (χ0) is 22.5. The SMILES string of the molecule is C/C=C/CCC1CCC(C2CCC3C(CCCC3C(=O)Oc3ccc(F)c(F)c3)C2)CC1. The fraction of sp³-hybridized carbons (Fsp3) is 0.679. The molecule has 4 rings (SSSR count). The maximum absolute atomic E-state index is 13.5. The molecule has 0 spiro atoms. The molecule has 3 fully saturated rings. The van der Waals surface area contributed by atoms with Gasteiger partial charge in [0.1, 0.15) is 5.75 Å². The van der Waals surface area contributed by atoms with E-state index in [9.17, 15) is 13.6 Å². The minimum Gasteiger partial charge on any atom is -0.426 e. The molecule has 0 N–H and O–H groups in total. The van der Waals surface area contributed by atoms with Gasteiger partial charge in [0, 0.05) is 6.07 Å². The third kappa shape index (κ3) is 5.61. The van der Waals surface area contributed by atoms with E-state index in [4.69, 9.17) is 4.74 Å². The molecule has 0 aromatic heterocycles. The van der Waals surface area contributed by atoms with Crippen LogP contribution in [0.5, 0.6) is 5.75 Å². The topological polar surface area (TPSA) is 26.3 Å². The summed E-state index contributed by atoms with van der Waals surface area (Å²) in [6.07, 6.45) is 19.3. The molecule has 4 atom stereocenters. The van der Waals surface area contributed by atoms with Crippen molar-refractivity contribution >= 4 is 5.97 Å². The molecule has 0 aliphatic heterocycles. The summed E-state index contributed by atoms with van der Waals surface area (Å²) in [5.41, 5.74) is 0. The number of carbonyl (C=O) groups is 1. The molecule has 1 aromatic carbocycles. The summed E-state index contributed by atoms with van der Waals surface area (Å²) in [5.74, 6) is 1.42. The van der Waals surface area contributed by atoms with Crippen molar-refractivity contribution < 1.29 is 18.3 Å². The molecule has 0 amide bonds. The van der Waals surface area contributed by atoms with Gasteiger partial charge in [0.2, 0.25) is 0 Å². The third-order valence-electron chi connectivity index (χ3n) is 8.64. The normalized spacial score (nSPS) is 33.1. The number of ether oxygens (including phenoxy) is 1. The van der Waals surface area contributed by atoms with Gasteiger partial charge in [-0.1, -0.05) is 37.8 Å². The Morgan fingerprint density at radius 2 is 1.75 bits per heavy atom. The van der Waals surface area contributed by atoms with Crippen LogP contribution in [0.15, 0.2) is 30.4 Å². The number of halogens is 2. The fourth-order valence-electron chi connectivity index (χ4n) is 6.90. The maximum Gasteiger partial charge on any atom is 0.314 e. The number of fused-ring (bicyclic) bond motifs is 1. The number of esters is 1.